The lowest BCUT2D eigenvalue weighted by molar-refractivity contribution is 0.0617. The van der Waals surface area contributed by atoms with Crippen molar-refractivity contribution in [2.75, 3.05) is 25.1 Å². The molecule has 7 heteroatoms. The molecule has 1 amide bonds. The van der Waals surface area contributed by atoms with E-state index in [1.165, 1.54) is 25.2 Å². The van der Waals surface area contributed by atoms with E-state index in [-0.39, 0.29) is 11.9 Å². The van der Waals surface area contributed by atoms with Crippen LogP contribution in [0.5, 0.6) is 0 Å². The Morgan fingerprint density at radius 1 is 1.32 bits per heavy atom. The van der Waals surface area contributed by atoms with Crippen LogP contribution >= 0.6 is 0 Å². The number of piperidine rings is 3. The van der Waals surface area contributed by atoms with E-state index in [4.69, 9.17) is 5.84 Å². The van der Waals surface area contributed by atoms with Gasteiger partial charge in [-0.25, -0.2) is 15.8 Å². The average Bonchev–Trinajstić information content (AvgIpc) is 2.48. The third-order valence-electron chi connectivity index (χ3n) is 4.01. The van der Waals surface area contributed by atoms with E-state index >= 15 is 0 Å². The molecule has 3 fully saturated rings. The number of carbonyl (C=O) groups excluding carboxylic acids is 1. The molecule has 2 bridgehead atoms. The number of aromatic nitrogens is 2. The number of nitrogens with zero attached hydrogens (tertiary/aromatic N) is 3. The highest BCUT2D eigenvalue weighted by molar-refractivity contribution is 5.92. The number of rotatable bonds is 3. The van der Waals surface area contributed by atoms with Crippen LogP contribution in [0.15, 0.2) is 12.4 Å². The van der Waals surface area contributed by atoms with Gasteiger partial charge in [-0.2, -0.15) is 0 Å². The van der Waals surface area contributed by atoms with Crippen LogP contribution in [-0.2, 0) is 0 Å². The van der Waals surface area contributed by atoms with Crippen LogP contribution in [0.25, 0.3) is 0 Å². The number of nitrogens with one attached hydrogen (secondary N) is 2. The molecule has 1 atom stereocenters. The van der Waals surface area contributed by atoms with Crippen molar-refractivity contribution in [3.05, 3.63) is 18.1 Å². The van der Waals surface area contributed by atoms with Crippen LogP contribution in [0.2, 0.25) is 0 Å². The predicted octanol–water partition coefficient (Wildman–Crippen LogP) is -0.414. The van der Waals surface area contributed by atoms with E-state index in [0.29, 0.717) is 17.4 Å². The van der Waals surface area contributed by atoms with E-state index in [0.717, 1.165) is 19.6 Å². The minimum Gasteiger partial charge on any atom is -0.346 e. The van der Waals surface area contributed by atoms with E-state index < -0.39 is 0 Å². The van der Waals surface area contributed by atoms with Crippen LogP contribution < -0.4 is 16.6 Å². The Morgan fingerprint density at radius 2 is 2.11 bits per heavy atom. The zero-order valence-corrected chi connectivity index (χ0v) is 10.7. The molecule has 0 spiro atoms. The molecule has 0 saturated carbocycles. The smallest absolute Gasteiger partial charge is 0.271 e. The molecule has 4 heterocycles. The number of carbonyl (C=O) groups is 1. The lowest BCUT2D eigenvalue weighted by atomic mass is 9.84. The molecule has 1 aromatic heterocycles. The van der Waals surface area contributed by atoms with Crippen LogP contribution in [-0.4, -0.2) is 46.5 Å². The van der Waals surface area contributed by atoms with E-state index in [2.05, 4.69) is 25.6 Å². The zero-order chi connectivity index (χ0) is 13.2. The van der Waals surface area contributed by atoms with Gasteiger partial charge < -0.3 is 15.6 Å². The third kappa shape index (κ3) is 2.52. The first-order valence-electron chi connectivity index (χ1n) is 6.58. The molecule has 0 aliphatic carbocycles. The summed E-state index contributed by atoms with van der Waals surface area (Å²) < 4.78 is 0. The summed E-state index contributed by atoms with van der Waals surface area (Å²) in [5.41, 5.74) is 2.71. The fourth-order valence-electron chi connectivity index (χ4n) is 2.89. The first-order chi connectivity index (χ1) is 9.26. The van der Waals surface area contributed by atoms with Gasteiger partial charge in [0.2, 0.25) is 0 Å². The number of hydrazine groups is 1. The number of anilines is 1. The molecule has 1 unspecified atom stereocenters. The van der Waals surface area contributed by atoms with Gasteiger partial charge in [0.15, 0.2) is 5.82 Å². The average molecular weight is 262 g/mol. The summed E-state index contributed by atoms with van der Waals surface area (Å²) in [7, 11) is 0. The van der Waals surface area contributed by atoms with Crippen LogP contribution in [0, 0.1) is 5.92 Å². The normalized spacial score (nSPS) is 29.0. The first-order valence-corrected chi connectivity index (χ1v) is 6.58. The Labute approximate surface area is 111 Å². The predicted molar refractivity (Wildman–Crippen MR) is 70.3 cm³/mol. The molecule has 1 aromatic rings. The lowest BCUT2D eigenvalue weighted by Gasteiger charge is -2.44. The summed E-state index contributed by atoms with van der Waals surface area (Å²) in [6.07, 6.45) is 5.23. The molecular formula is C12H18N6O. The van der Waals surface area contributed by atoms with Gasteiger partial charge in [0.25, 0.3) is 5.91 Å². The first kappa shape index (κ1) is 12.3. The molecule has 4 N–H and O–H groups in total. The molecule has 3 aliphatic heterocycles. The number of hydrogen-bond acceptors (Lipinski definition) is 6. The Hall–Kier alpha value is -1.73. The van der Waals surface area contributed by atoms with Crippen molar-refractivity contribution in [3.8, 4) is 0 Å². The summed E-state index contributed by atoms with van der Waals surface area (Å²) in [5, 5.41) is 3.07. The minimum atomic E-state index is -0.158. The molecular weight excluding hydrogens is 244 g/mol. The van der Waals surface area contributed by atoms with Crippen LogP contribution in [0.3, 0.4) is 0 Å². The zero-order valence-electron chi connectivity index (χ0n) is 10.7. The fourth-order valence-corrected chi connectivity index (χ4v) is 2.89. The van der Waals surface area contributed by atoms with Gasteiger partial charge in [0.05, 0.1) is 12.4 Å². The van der Waals surface area contributed by atoms with E-state index in [1.807, 2.05) is 0 Å². The highest BCUT2D eigenvalue weighted by Gasteiger charge is 2.35. The quantitative estimate of drug-likeness (QED) is 0.506. The highest BCUT2D eigenvalue weighted by Crippen LogP contribution is 2.27. The van der Waals surface area contributed by atoms with Gasteiger partial charge in [-0.3, -0.25) is 4.79 Å². The number of nitrogens with two attached hydrogens (primary N) is 1. The Balaban J connectivity index is 1.64. The number of hydrogen-bond donors (Lipinski definition) is 3. The lowest BCUT2D eigenvalue weighted by Crippen LogP contribution is -2.57. The van der Waals surface area contributed by atoms with E-state index in [9.17, 15) is 4.79 Å². The van der Waals surface area contributed by atoms with Gasteiger partial charge >= 0.3 is 0 Å². The molecule has 102 valence electrons. The highest BCUT2D eigenvalue weighted by atomic mass is 16.2. The molecule has 4 rings (SSSR count). The minimum absolute atomic E-state index is 0.158. The Bertz CT molecular complexity index is 454. The number of nitrogen functional groups attached to an aromatic ring is 1. The summed E-state index contributed by atoms with van der Waals surface area (Å²) in [4.78, 5) is 22.5. The van der Waals surface area contributed by atoms with Gasteiger partial charge in [-0.05, 0) is 31.8 Å². The monoisotopic (exact) mass is 262 g/mol. The molecule has 7 nitrogen and oxygen atoms in total. The SMILES string of the molecule is NNc1cnc(C(=O)NC2CN3CCC2CC3)cn1. The summed E-state index contributed by atoms with van der Waals surface area (Å²) in [6.45, 7) is 3.27. The Kier molecular flexibility index (Phi) is 3.31. The number of fused-ring (bicyclic) bond motifs is 3. The van der Waals surface area contributed by atoms with Crippen molar-refractivity contribution in [1.29, 1.82) is 0 Å². The second-order valence-corrected chi connectivity index (χ2v) is 5.15. The molecule has 19 heavy (non-hydrogen) atoms. The second-order valence-electron chi connectivity index (χ2n) is 5.15. The van der Waals surface area contributed by atoms with Gasteiger partial charge in [0, 0.05) is 12.6 Å². The molecule has 0 aromatic carbocycles. The maximum absolute atomic E-state index is 12.1. The Morgan fingerprint density at radius 3 is 2.63 bits per heavy atom. The third-order valence-corrected chi connectivity index (χ3v) is 4.01. The van der Waals surface area contributed by atoms with Crippen LogP contribution in [0.4, 0.5) is 5.82 Å². The van der Waals surface area contributed by atoms with Crippen molar-refractivity contribution in [3.63, 3.8) is 0 Å². The van der Waals surface area contributed by atoms with Crippen LogP contribution in [0.1, 0.15) is 23.3 Å². The van der Waals surface area contributed by atoms with Crippen molar-refractivity contribution in [2.45, 2.75) is 18.9 Å². The van der Waals surface area contributed by atoms with Crippen molar-refractivity contribution in [2.24, 2.45) is 11.8 Å². The van der Waals surface area contributed by atoms with Crippen molar-refractivity contribution < 1.29 is 4.79 Å². The topological polar surface area (TPSA) is 96.2 Å². The maximum Gasteiger partial charge on any atom is 0.271 e. The summed E-state index contributed by atoms with van der Waals surface area (Å²) >= 11 is 0. The summed E-state index contributed by atoms with van der Waals surface area (Å²) in [5.74, 6) is 6.10. The van der Waals surface area contributed by atoms with Crippen molar-refractivity contribution >= 4 is 11.7 Å². The maximum atomic E-state index is 12.1. The number of amides is 1. The summed E-state index contributed by atoms with van der Waals surface area (Å²) in [6, 6.07) is 0.240. The molecule has 3 saturated heterocycles. The largest absolute Gasteiger partial charge is 0.346 e. The molecule has 3 aliphatic rings. The molecule has 0 radical (unpaired) electrons. The standard InChI is InChI=1S/C12H18N6O/c13-17-11-6-14-9(5-15-11)12(19)16-10-7-18-3-1-8(10)2-4-18/h5-6,8,10H,1-4,7,13H2,(H,15,17)(H,16,19). The second kappa shape index (κ2) is 5.10. The van der Waals surface area contributed by atoms with Gasteiger partial charge in [0.1, 0.15) is 5.69 Å². The van der Waals surface area contributed by atoms with Gasteiger partial charge in [-0.1, -0.05) is 0 Å². The van der Waals surface area contributed by atoms with Crippen molar-refractivity contribution in [1.82, 2.24) is 20.2 Å². The fraction of sp³-hybridized carbons (Fsp3) is 0.583. The van der Waals surface area contributed by atoms with E-state index in [1.54, 1.807) is 0 Å². The van der Waals surface area contributed by atoms with Gasteiger partial charge in [-0.15, -0.1) is 0 Å².